The van der Waals surface area contributed by atoms with E-state index in [1.54, 1.807) is 44.6 Å². The average Bonchev–Trinajstić information content (AvgIpc) is 3.29. The molecule has 182 valence electrons. The molecule has 0 bridgehead atoms. The summed E-state index contributed by atoms with van der Waals surface area (Å²) in [6.07, 6.45) is 0.526. The molecule has 0 amide bonds. The number of oxazole rings is 1. The molecule has 0 unspecified atom stereocenters. The van der Waals surface area contributed by atoms with Crippen LogP contribution < -0.4 is 14.8 Å². The van der Waals surface area contributed by atoms with E-state index in [1.165, 1.54) is 12.1 Å². The predicted octanol–water partition coefficient (Wildman–Crippen LogP) is 5.64. The Morgan fingerprint density at radius 1 is 1.00 bits per heavy atom. The summed E-state index contributed by atoms with van der Waals surface area (Å²) in [5.74, 6) is 0.658. The Labute approximate surface area is 207 Å². The van der Waals surface area contributed by atoms with Crippen molar-refractivity contribution in [2.75, 3.05) is 26.1 Å². The molecule has 1 heterocycles. The van der Waals surface area contributed by atoms with Gasteiger partial charge in [0.25, 0.3) is 0 Å². The molecular formula is C25H22ClFN2O5S. The molecule has 0 aliphatic heterocycles. The van der Waals surface area contributed by atoms with Crippen molar-refractivity contribution in [1.29, 1.82) is 0 Å². The highest BCUT2D eigenvalue weighted by molar-refractivity contribution is 7.91. The van der Waals surface area contributed by atoms with Crippen molar-refractivity contribution >= 4 is 27.3 Å². The zero-order chi connectivity index (χ0) is 25.0. The van der Waals surface area contributed by atoms with Crippen molar-refractivity contribution < 1.29 is 26.7 Å². The third-order valence-electron chi connectivity index (χ3n) is 5.23. The van der Waals surface area contributed by atoms with Crippen LogP contribution in [0, 0.1) is 5.82 Å². The van der Waals surface area contributed by atoms with E-state index in [9.17, 15) is 12.8 Å². The molecule has 0 aliphatic carbocycles. The molecule has 0 atom stereocenters. The lowest BCUT2D eigenvalue weighted by molar-refractivity contribution is 0.354. The maximum atomic E-state index is 13.4. The third-order valence-corrected chi connectivity index (χ3v) is 7.23. The number of benzene rings is 3. The number of halogens is 2. The second kappa shape index (κ2) is 10.4. The number of rotatable bonds is 9. The SMILES string of the molecule is COc1ccc(CCNc2oc(-c3ccccc3Cl)nc2S(=O)(=O)c2ccc(F)cc2)cc1OC. The summed E-state index contributed by atoms with van der Waals surface area (Å²) in [4.78, 5) is 4.15. The molecule has 0 saturated heterocycles. The van der Waals surface area contributed by atoms with Gasteiger partial charge in [-0.1, -0.05) is 29.8 Å². The average molecular weight is 517 g/mol. The lowest BCUT2D eigenvalue weighted by Crippen LogP contribution is -2.10. The van der Waals surface area contributed by atoms with Gasteiger partial charge in [-0.3, -0.25) is 0 Å². The number of sulfone groups is 1. The van der Waals surface area contributed by atoms with Gasteiger partial charge in [-0.25, -0.2) is 12.8 Å². The highest BCUT2D eigenvalue weighted by Crippen LogP contribution is 2.35. The van der Waals surface area contributed by atoms with Crippen LogP contribution in [0.2, 0.25) is 5.02 Å². The Morgan fingerprint density at radius 2 is 1.71 bits per heavy atom. The van der Waals surface area contributed by atoms with Crippen LogP contribution >= 0.6 is 11.6 Å². The van der Waals surface area contributed by atoms with E-state index in [0.29, 0.717) is 35.1 Å². The monoisotopic (exact) mass is 516 g/mol. The first-order chi connectivity index (χ1) is 16.8. The van der Waals surface area contributed by atoms with Crippen LogP contribution in [0.25, 0.3) is 11.5 Å². The van der Waals surface area contributed by atoms with Crippen molar-refractivity contribution in [1.82, 2.24) is 4.98 Å². The summed E-state index contributed by atoms with van der Waals surface area (Å²) in [6, 6.07) is 16.8. The summed E-state index contributed by atoms with van der Waals surface area (Å²) in [7, 11) is -1.00. The molecule has 1 N–H and O–H groups in total. The maximum Gasteiger partial charge on any atom is 0.233 e. The standard InChI is InChI=1S/C25H22ClFN2O5S/c1-32-21-12-7-16(15-22(21)33-2)13-14-28-24-25(35(30,31)18-10-8-17(27)9-11-18)29-23(34-24)19-5-3-4-6-20(19)26/h3-12,15,28H,13-14H2,1-2H3. The molecule has 3 aromatic carbocycles. The Kier molecular flexibility index (Phi) is 7.28. The van der Waals surface area contributed by atoms with Crippen molar-refractivity contribution in [2.24, 2.45) is 0 Å². The number of ether oxygens (including phenoxy) is 2. The molecule has 0 aliphatic rings. The van der Waals surface area contributed by atoms with E-state index in [-0.39, 0.29) is 21.7 Å². The van der Waals surface area contributed by atoms with Gasteiger partial charge < -0.3 is 19.2 Å². The molecular weight excluding hydrogens is 495 g/mol. The van der Waals surface area contributed by atoms with E-state index < -0.39 is 15.7 Å². The fraction of sp³-hybridized carbons (Fsp3) is 0.160. The van der Waals surface area contributed by atoms with Crippen molar-refractivity contribution in [3.05, 3.63) is 83.1 Å². The first-order valence-electron chi connectivity index (χ1n) is 10.5. The van der Waals surface area contributed by atoms with Gasteiger partial charge in [0.15, 0.2) is 11.5 Å². The van der Waals surface area contributed by atoms with Gasteiger partial charge in [0.1, 0.15) is 5.82 Å². The second-order valence-corrected chi connectivity index (χ2v) is 9.73. The molecule has 0 spiro atoms. The van der Waals surface area contributed by atoms with Crippen molar-refractivity contribution in [2.45, 2.75) is 16.3 Å². The minimum atomic E-state index is -4.11. The van der Waals surface area contributed by atoms with E-state index in [0.717, 1.165) is 17.7 Å². The first-order valence-corrected chi connectivity index (χ1v) is 12.4. The number of methoxy groups -OCH3 is 2. The topological polar surface area (TPSA) is 90.7 Å². The van der Waals surface area contributed by atoms with Crippen LogP contribution in [0.4, 0.5) is 10.3 Å². The maximum absolute atomic E-state index is 13.4. The lowest BCUT2D eigenvalue weighted by Gasteiger charge is -2.10. The molecule has 35 heavy (non-hydrogen) atoms. The summed E-state index contributed by atoms with van der Waals surface area (Å²) >= 11 is 6.27. The fourth-order valence-electron chi connectivity index (χ4n) is 3.43. The van der Waals surface area contributed by atoms with Gasteiger partial charge >= 0.3 is 0 Å². The minimum absolute atomic E-state index is 0.0373. The first kappa shape index (κ1) is 24.6. The van der Waals surface area contributed by atoms with Gasteiger partial charge in [0, 0.05) is 6.54 Å². The van der Waals surface area contributed by atoms with Crippen LogP contribution in [0.3, 0.4) is 0 Å². The van der Waals surface area contributed by atoms with Crippen molar-refractivity contribution in [3.63, 3.8) is 0 Å². The smallest absolute Gasteiger partial charge is 0.233 e. The number of nitrogens with zero attached hydrogens (tertiary/aromatic N) is 1. The quantitative estimate of drug-likeness (QED) is 0.288. The molecule has 0 radical (unpaired) electrons. The summed E-state index contributed by atoms with van der Waals surface area (Å²) in [6.45, 7) is 0.332. The van der Waals surface area contributed by atoms with Crippen LogP contribution in [-0.4, -0.2) is 34.2 Å². The Balaban J connectivity index is 1.66. The lowest BCUT2D eigenvalue weighted by atomic mass is 10.1. The molecule has 0 saturated carbocycles. The predicted molar refractivity (Wildman–Crippen MR) is 131 cm³/mol. The van der Waals surface area contributed by atoms with Crippen molar-refractivity contribution in [3.8, 4) is 23.0 Å². The molecule has 10 heteroatoms. The largest absolute Gasteiger partial charge is 0.493 e. The summed E-state index contributed by atoms with van der Waals surface area (Å²) in [5.41, 5.74) is 1.38. The molecule has 0 fully saturated rings. The normalized spacial score (nSPS) is 11.3. The number of anilines is 1. The zero-order valence-electron chi connectivity index (χ0n) is 18.9. The Bertz CT molecular complexity index is 1440. The van der Waals surface area contributed by atoms with Crippen LogP contribution in [0.1, 0.15) is 5.56 Å². The zero-order valence-corrected chi connectivity index (χ0v) is 20.5. The van der Waals surface area contributed by atoms with Crippen LogP contribution in [-0.2, 0) is 16.3 Å². The fourth-order valence-corrected chi connectivity index (χ4v) is 4.93. The van der Waals surface area contributed by atoms with E-state index in [1.807, 2.05) is 12.1 Å². The Morgan fingerprint density at radius 3 is 2.40 bits per heavy atom. The van der Waals surface area contributed by atoms with E-state index in [2.05, 4.69) is 10.3 Å². The molecule has 4 rings (SSSR count). The van der Waals surface area contributed by atoms with Gasteiger partial charge in [-0.15, -0.1) is 0 Å². The molecule has 1 aromatic heterocycles. The number of hydrogen-bond acceptors (Lipinski definition) is 7. The summed E-state index contributed by atoms with van der Waals surface area (Å²) < 4.78 is 56.5. The Hall–Kier alpha value is -3.56. The van der Waals surface area contributed by atoms with E-state index in [4.69, 9.17) is 25.5 Å². The second-order valence-electron chi connectivity index (χ2n) is 7.46. The van der Waals surface area contributed by atoms with Crippen LogP contribution in [0.5, 0.6) is 11.5 Å². The molecule has 7 nitrogen and oxygen atoms in total. The summed E-state index contributed by atoms with van der Waals surface area (Å²) in [5, 5.41) is 3.07. The molecule has 4 aromatic rings. The highest BCUT2D eigenvalue weighted by atomic mass is 35.5. The highest BCUT2D eigenvalue weighted by Gasteiger charge is 2.29. The van der Waals surface area contributed by atoms with Gasteiger partial charge in [0.05, 0.1) is 29.7 Å². The number of aromatic nitrogens is 1. The van der Waals surface area contributed by atoms with Crippen LogP contribution in [0.15, 0.2) is 81.1 Å². The van der Waals surface area contributed by atoms with Gasteiger partial charge in [-0.2, -0.15) is 4.98 Å². The third kappa shape index (κ3) is 5.26. The van der Waals surface area contributed by atoms with Gasteiger partial charge in [0.2, 0.25) is 26.6 Å². The van der Waals surface area contributed by atoms with E-state index >= 15 is 0 Å². The van der Waals surface area contributed by atoms with Gasteiger partial charge in [-0.05, 0) is 60.5 Å². The number of nitrogens with one attached hydrogen (secondary N) is 1. The minimum Gasteiger partial charge on any atom is -0.493 e. The number of hydrogen-bond donors (Lipinski definition) is 1.